The summed E-state index contributed by atoms with van der Waals surface area (Å²) in [5, 5.41) is 6.15. The first-order valence-electron chi connectivity index (χ1n) is 7.56. The van der Waals surface area contributed by atoms with Crippen molar-refractivity contribution in [1.29, 1.82) is 0 Å². The Kier molecular flexibility index (Phi) is 5.63. The van der Waals surface area contributed by atoms with Crippen LogP contribution in [0.5, 0.6) is 0 Å². The van der Waals surface area contributed by atoms with Gasteiger partial charge in [0.05, 0.1) is 6.04 Å². The van der Waals surface area contributed by atoms with E-state index in [1.54, 1.807) is 0 Å². The van der Waals surface area contributed by atoms with E-state index in [2.05, 4.69) is 10.6 Å². The maximum atomic E-state index is 12.0. The summed E-state index contributed by atoms with van der Waals surface area (Å²) in [4.78, 5) is 25.7. The number of nitrogens with zero attached hydrogens (tertiary/aromatic N) is 1. The molecule has 0 saturated carbocycles. The summed E-state index contributed by atoms with van der Waals surface area (Å²) in [6, 6.07) is -0.0654. The first-order chi connectivity index (χ1) is 9.27. The second-order valence-corrected chi connectivity index (χ2v) is 5.48. The van der Waals surface area contributed by atoms with Crippen molar-refractivity contribution >= 4 is 11.8 Å². The minimum absolute atomic E-state index is 0.0520. The molecular formula is C14H25N3O2. The van der Waals surface area contributed by atoms with Gasteiger partial charge in [0.1, 0.15) is 0 Å². The van der Waals surface area contributed by atoms with Crippen LogP contribution >= 0.6 is 0 Å². The van der Waals surface area contributed by atoms with Crippen LogP contribution in [0.15, 0.2) is 0 Å². The molecule has 2 rings (SSSR count). The molecule has 2 fully saturated rings. The van der Waals surface area contributed by atoms with Gasteiger partial charge in [-0.05, 0) is 32.2 Å². The summed E-state index contributed by atoms with van der Waals surface area (Å²) >= 11 is 0. The minimum atomic E-state index is -0.0654. The van der Waals surface area contributed by atoms with E-state index in [0.717, 1.165) is 51.7 Å². The normalized spacial score (nSPS) is 24.0. The fourth-order valence-corrected chi connectivity index (χ4v) is 2.79. The number of likely N-dealkylation sites (tertiary alicyclic amines) is 1. The standard InChI is InChI=1S/C14H25N3O2/c18-13(17-10-4-5-11-17)7-9-16-14(19)12-6-2-1-3-8-15-12/h12,15H,1-11H2,(H,16,19). The van der Waals surface area contributed by atoms with Crippen LogP contribution in [0.1, 0.15) is 44.9 Å². The number of hydrogen-bond donors (Lipinski definition) is 2. The highest BCUT2D eigenvalue weighted by Crippen LogP contribution is 2.09. The third-order valence-electron chi connectivity index (χ3n) is 3.97. The number of carbonyl (C=O) groups is 2. The largest absolute Gasteiger partial charge is 0.354 e. The zero-order chi connectivity index (χ0) is 13.5. The molecule has 2 aliphatic rings. The van der Waals surface area contributed by atoms with E-state index >= 15 is 0 Å². The van der Waals surface area contributed by atoms with Crippen LogP contribution in [0.2, 0.25) is 0 Å². The van der Waals surface area contributed by atoms with E-state index in [-0.39, 0.29) is 17.9 Å². The molecule has 2 aliphatic heterocycles. The predicted molar refractivity (Wildman–Crippen MR) is 73.7 cm³/mol. The van der Waals surface area contributed by atoms with E-state index in [1.807, 2.05) is 4.90 Å². The second-order valence-electron chi connectivity index (χ2n) is 5.48. The van der Waals surface area contributed by atoms with Crippen molar-refractivity contribution in [2.24, 2.45) is 0 Å². The number of hydrogen-bond acceptors (Lipinski definition) is 3. The van der Waals surface area contributed by atoms with Crippen molar-refractivity contribution in [1.82, 2.24) is 15.5 Å². The molecule has 1 atom stereocenters. The molecule has 0 bridgehead atoms. The van der Waals surface area contributed by atoms with Gasteiger partial charge in [0.15, 0.2) is 0 Å². The fourth-order valence-electron chi connectivity index (χ4n) is 2.79. The van der Waals surface area contributed by atoms with E-state index < -0.39 is 0 Å². The summed E-state index contributed by atoms with van der Waals surface area (Å²) in [5.74, 6) is 0.225. The van der Waals surface area contributed by atoms with Gasteiger partial charge < -0.3 is 15.5 Å². The molecule has 2 saturated heterocycles. The average Bonchev–Trinajstić information content (AvgIpc) is 2.81. The zero-order valence-electron chi connectivity index (χ0n) is 11.6. The van der Waals surface area contributed by atoms with Crippen molar-refractivity contribution in [3.8, 4) is 0 Å². The molecule has 108 valence electrons. The Morgan fingerprint density at radius 1 is 1.11 bits per heavy atom. The third-order valence-corrected chi connectivity index (χ3v) is 3.97. The molecule has 2 heterocycles. The van der Waals surface area contributed by atoms with Crippen LogP contribution < -0.4 is 10.6 Å². The van der Waals surface area contributed by atoms with Crippen LogP contribution in [0.3, 0.4) is 0 Å². The van der Waals surface area contributed by atoms with Gasteiger partial charge in [0.2, 0.25) is 11.8 Å². The van der Waals surface area contributed by atoms with Gasteiger partial charge in [-0.2, -0.15) is 0 Å². The molecule has 2 N–H and O–H groups in total. The Morgan fingerprint density at radius 3 is 2.68 bits per heavy atom. The molecular weight excluding hydrogens is 242 g/mol. The molecule has 5 nitrogen and oxygen atoms in total. The summed E-state index contributed by atoms with van der Waals surface area (Å²) in [6.45, 7) is 3.16. The Labute approximate surface area is 115 Å². The second kappa shape index (κ2) is 7.48. The summed E-state index contributed by atoms with van der Waals surface area (Å²) < 4.78 is 0. The van der Waals surface area contributed by atoms with Gasteiger partial charge in [0.25, 0.3) is 0 Å². The maximum absolute atomic E-state index is 12.0. The van der Waals surface area contributed by atoms with Crippen molar-refractivity contribution in [3.05, 3.63) is 0 Å². The lowest BCUT2D eigenvalue weighted by molar-refractivity contribution is -0.130. The number of carbonyl (C=O) groups excluding carboxylic acids is 2. The Balaban J connectivity index is 1.63. The molecule has 2 amide bonds. The number of rotatable bonds is 4. The summed E-state index contributed by atoms with van der Waals surface area (Å²) in [7, 11) is 0. The van der Waals surface area contributed by atoms with Gasteiger partial charge >= 0.3 is 0 Å². The van der Waals surface area contributed by atoms with E-state index in [0.29, 0.717) is 13.0 Å². The summed E-state index contributed by atoms with van der Waals surface area (Å²) in [6.07, 6.45) is 7.03. The Morgan fingerprint density at radius 2 is 1.89 bits per heavy atom. The van der Waals surface area contributed by atoms with Crippen molar-refractivity contribution in [2.45, 2.75) is 51.0 Å². The fraction of sp³-hybridized carbons (Fsp3) is 0.857. The highest BCUT2D eigenvalue weighted by Gasteiger charge is 2.20. The van der Waals surface area contributed by atoms with E-state index in [4.69, 9.17) is 0 Å². The van der Waals surface area contributed by atoms with Crippen LogP contribution in [-0.4, -0.2) is 48.9 Å². The van der Waals surface area contributed by atoms with Crippen molar-refractivity contribution in [3.63, 3.8) is 0 Å². The van der Waals surface area contributed by atoms with E-state index in [9.17, 15) is 9.59 Å². The monoisotopic (exact) mass is 267 g/mol. The molecule has 0 spiro atoms. The molecule has 0 radical (unpaired) electrons. The van der Waals surface area contributed by atoms with Crippen LogP contribution in [0, 0.1) is 0 Å². The number of amides is 2. The summed E-state index contributed by atoms with van der Waals surface area (Å²) in [5.41, 5.74) is 0. The van der Waals surface area contributed by atoms with Crippen LogP contribution in [-0.2, 0) is 9.59 Å². The Bertz CT molecular complexity index is 306. The average molecular weight is 267 g/mol. The van der Waals surface area contributed by atoms with E-state index in [1.165, 1.54) is 6.42 Å². The highest BCUT2D eigenvalue weighted by atomic mass is 16.2. The molecule has 0 aromatic rings. The first kappa shape index (κ1) is 14.3. The number of nitrogens with one attached hydrogen (secondary N) is 2. The lowest BCUT2D eigenvalue weighted by Gasteiger charge is -2.17. The third kappa shape index (κ3) is 4.49. The van der Waals surface area contributed by atoms with Gasteiger partial charge in [0, 0.05) is 26.1 Å². The molecule has 19 heavy (non-hydrogen) atoms. The lowest BCUT2D eigenvalue weighted by Crippen LogP contribution is -2.44. The van der Waals surface area contributed by atoms with Crippen molar-refractivity contribution in [2.75, 3.05) is 26.2 Å². The topological polar surface area (TPSA) is 61.4 Å². The lowest BCUT2D eigenvalue weighted by atomic mass is 10.1. The molecule has 0 aromatic carbocycles. The predicted octanol–water partition coefficient (Wildman–Crippen LogP) is 0.647. The van der Waals surface area contributed by atoms with Gasteiger partial charge in [-0.15, -0.1) is 0 Å². The first-order valence-corrected chi connectivity index (χ1v) is 7.56. The SMILES string of the molecule is O=C(NCCC(=O)N1CCCC1)C1CCCCCN1. The highest BCUT2D eigenvalue weighted by molar-refractivity contribution is 5.82. The minimum Gasteiger partial charge on any atom is -0.354 e. The van der Waals surface area contributed by atoms with Gasteiger partial charge in [-0.25, -0.2) is 0 Å². The maximum Gasteiger partial charge on any atom is 0.237 e. The van der Waals surface area contributed by atoms with Crippen molar-refractivity contribution < 1.29 is 9.59 Å². The zero-order valence-corrected chi connectivity index (χ0v) is 11.6. The molecule has 1 unspecified atom stereocenters. The quantitative estimate of drug-likeness (QED) is 0.786. The van der Waals surface area contributed by atoms with Crippen LogP contribution in [0.25, 0.3) is 0 Å². The van der Waals surface area contributed by atoms with Crippen LogP contribution in [0.4, 0.5) is 0 Å². The smallest absolute Gasteiger partial charge is 0.237 e. The van der Waals surface area contributed by atoms with Gasteiger partial charge in [-0.1, -0.05) is 12.8 Å². The molecule has 5 heteroatoms. The van der Waals surface area contributed by atoms with Gasteiger partial charge in [-0.3, -0.25) is 9.59 Å². The molecule has 0 aliphatic carbocycles. The molecule has 0 aromatic heterocycles. The Hall–Kier alpha value is -1.10.